The van der Waals surface area contributed by atoms with Gasteiger partial charge in [-0.25, -0.2) is 0 Å². The van der Waals surface area contributed by atoms with Crippen molar-refractivity contribution < 1.29 is 5.11 Å². The van der Waals surface area contributed by atoms with Gasteiger partial charge in [-0.15, -0.1) is 0 Å². The Labute approximate surface area is 77.8 Å². The van der Waals surface area contributed by atoms with Crippen LogP contribution in [0, 0.1) is 0 Å². The number of aromatic hydroxyl groups is 1. The molecule has 1 unspecified atom stereocenters. The summed E-state index contributed by atoms with van der Waals surface area (Å²) in [6.45, 7) is 0.592. The number of hydrogen-bond acceptors (Lipinski definition) is 3. The van der Waals surface area contributed by atoms with Gasteiger partial charge < -0.3 is 10.8 Å². The van der Waals surface area contributed by atoms with Gasteiger partial charge in [-0.3, -0.25) is 0 Å². The Balaban J connectivity index is 2.80. The number of nitrogens with two attached hydrogens (primary N) is 1. The fraction of sp³-hybridized carbons (Fsp3) is 0.333. The molecule has 0 amide bonds. The van der Waals surface area contributed by atoms with Gasteiger partial charge in [0.2, 0.25) is 0 Å². The van der Waals surface area contributed by atoms with Crippen molar-refractivity contribution in [2.24, 2.45) is 5.73 Å². The molecule has 0 bridgehead atoms. The van der Waals surface area contributed by atoms with Gasteiger partial charge in [0.25, 0.3) is 0 Å². The van der Waals surface area contributed by atoms with Gasteiger partial charge in [-0.1, -0.05) is 12.1 Å². The first-order valence-electron chi connectivity index (χ1n) is 3.87. The number of thiol groups is 1. The van der Waals surface area contributed by atoms with Gasteiger partial charge in [0.1, 0.15) is 5.75 Å². The average Bonchev–Trinajstić information content (AvgIpc) is 2.10. The standard InChI is InChI=1S/C9H13NOS/c10-5-8(6-12)7-1-3-9(11)4-2-7/h1-4,8,11-12H,5-6,10H2. The molecule has 0 aliphatic heterocycles. The highest BCUT2D eigenvalue weighted by Crippen LogP contribution is 2.18. The Kier molecular flexibility index (Phi) is 3.44. The molecule has 0 saturated carbocycles. The van der Waals surface area contributed by atoms with Crippen molar-refractivity contribution in [2.45, 2.75) is 5.92 Å². The van der Waals surface area contributed by atoms with Crippen LogP contribution in [0.5, 0.6) is 5.75 Å². The van der Waals surface area contributed by atoms with Crippen LogP contribution in [0.1, 0.15) is 11.5 Å². The molecule has 2 nitrogen and oxygen atoms in total. The number of benzene rings is 1. The van der Waals surface area contributed by atoms with Crippen molar-refractivity contribution in [3.05, 3.63) is 29.8 Å². The fourth-order valence-corrected chi connectivity index (χ4v) is 1.42. The average molecular weight is 183 g/mol. The first-order valence-corrected chi connectivity index (χ1v) is 4.51. The molecule has 3 N–H and O–H groups in total. The minimum atomic E-state index is 0.286. The summed E-state index contributed by atoms with van der Waals surface area (Å²) in [5, 5.41) is 9.03. The zero-order valence-corrected chi connectivity index (χ0v) is 7.67. The van der Waals surface area contributed by atoms with E-state index in [1.54, 1.807) is 12.1 Å². The molecule has 0 saturated heterocycles. The summed E-state index contributed by atoms with van der Waals surface area (Å²) in [5.74, 6) is 1.31. The van der Waals surface area contributed by atoms with Crippen molar-refractivity contribution in [1.29, 1.82) is 0 Å². The second-order valence-corrected chi connectivity index (χ2v) is 3.07. The van der Waals surface area contributed by atoms with Gasteiger partial charge in [-0.2, -0.15) is 12.6 Å². The van der Waals surface area contributed by atoms with E-state index >= 15 is 0 Å². The van der Waals surface area contributed by atoms with Crippen LogP contribution in [0.3, 0.4) is 0 Å². The third-order valence-corrected chi connectivity index (χ3v) is 2.31. The van der Waals surface area contributed by atoms with Crippen LogP contribution in [-0.2, 0) is 0 Å². The molecule has 0 aliphatic rings. The Morgan fingerprint density at radius 1 is 1.33 bits per heavy atom. The molecule has 0 aromatic heterocycles. The molecule has 0 aliphatic carbocycles. The first-order chi connectivity index (χ1) is 5.77. The third-order valence-electron chi connectivity index (χ3n) is 1.87. The minimum absolute atomic E-state index is 0.286. The predicted octanol–water partition coefficient (Wildman–Crippen LogP) is 1.36. The van der Waals surface area contributed by atoms with Gasteiger partial charge >= 0.3 is 0 Å². The normalized spacial score (nSPS) is 12.8. The Morgan fingerprint density at radius 3 is 2.33 bits per heavy atom. The van der Waals surface area contributed by atoms with Gasteiger partial charge in [0.15, 0.2) is 0 Å². The Morgan fingerprint density at radius 2 is 1.92 bits per heavy atom. The van der Waals surface area contributed by atoms with Crippen molar-refractivity contribution in [2.75, 3.05) is 12.3 Å². The quantitative estimate of drug-likeness (QED) is 0.620. The fourth-order valence-electron chi connectivity index (χ4n) is 1.06. The topological polar surface area (TPSA) is 46.2 Å². The SMILES string of the molecule is NCC(CS)c1ccc(O)cc1. The Bertz CT molecular complexity index is 231. The number of phenolic OH excluding ortho intramolecular Hbond substituents is 1. The first kappa shape index (κ1) is 9.42. The highest BCUT2D eigenvalue weighted by Gasteiger charge is 2.06. The summed E-state index contributed by atoms with van der Waals surface area (Å²) in [6.07, 6.45) is 0. The second kappa shape index (κ2) is 4.38. The van der Waals surface area contributed by atoms with E-state index in [2.05, 4.69) is 12.6 Å². The second-order valence-electron chi connectivity index (χ2n) is 2.71. The van der Waals surface area contributed by atoms with E-state index in [0.29, 0.717) is 6.54 Å². The lowest BCUT2D eigenvalue weighted by Gasteiger charge is -2.11. The molecular weight excluding hydrogens is 170 g/mol. The molecule has 0 radical (unpaired) electrons. The summed E-state index contributed by atoms with van der Waals surface area (Å²) in [7, 11) is 0. The third kappa shape index (κ3) is 2.16. The summed E-state index contributed by atoms with van der Waals surface area (Å²) in [5.41, 5.74) is 6.67. The molecule has 1 aromatic carbocycles. The molecule has 3 heteroatoms. The zero-order valence-electron chi connectivity index (χ0n) is 6.77. The molecule has 66 valence electrons. The van der Waals surface area contributed by atoms with E-state index < -0.39 is 0 Å². The molecular formula is C9H13NOS. The summed E-state index contributed by atoms with van der Waals surface area (Å²) >= 11 is 4.19. The lowest BCUT2D eigenvalue weighted by Crippen LogP contribution is -2.13. The number of rotatable bonds is 3. The van der Waals surface area contributed by atoms with E-state index in [0.717, 1.165) is 11.3 Å². The van der Waals surface area contributed by atoms with Crippen LogP contribution in [0.2, 0.25) is 0 Å². The van der Waals surface area contributed by atoms with Crippen LogP contribution >= 0.6 is 12.6 Å². The van der Waals surface area contributed by atoms with Gasteiger partial charge in [0, 0.05) is 5.92 Å². The van der Waals surface area contributed by atoms with E-state index in [4.69, 9.17) is 10.8 Å². The predicted molar refractivity (Wildman–Crippen MR) is 53.8 cm³/mol. The van der Waals surface area contributed by atoms with E-state index in [-0.39, 0.29) is 11.7 Å². The minimum Gasteiger partial charge on any atom is -0.508 e. The maximum Gasteiger partial charge on any atom is 0.115 e. The van der Waals surface area contributed by atoms with Crippen LogP contribution in [-0.4, -0.2) is 17.4 Å². The lowest BCUT2D eigenvalue weighted by molar-refractivity contribution is 0.475. The van der Waals surface area contributed by atoms with Gasteiger partial charge in [0.05, 0.1) is 0 Å². The van der Waals surface area contributed by atoms with E-state index in [1.807, 2.05) is 12.1 Å². The maximum atomic E-state index is 9.03. The summed E-state index contributed by atoms with van der Waals surface area (Å²) in [4.78, 5) is 0. The van der Waals surface area contributed by atoms with Crippen LogP contribution in [0.4, 0.5) is 0 Å². The highest BCUT2D eigenvalue weighted by molar-refractivity contribution is 7.80. The molecule has 12 heavy (non-hydrogen) atoms. The number of hydrogen-bond donors (Lipinski definition) is 3. The monoisotopic (exact) mass is 183 g/mol. The molecule has 1 atom stereocenters. The summed E-state index contributed by atoms with van der Waals surface area (Å²) in [6, 6.07) is 7.09. The molecule has 1 rings (SSSR count). The van der Waals surface area contributed by atoms with Crippen LogP contribution in [0.15, 0.2) is 24.3 Å². The van der Waals surface area contributed by atoms with E-state index in [1.165, 1.54) is 0 Å². The van der Waals surface area contributed by atoms with E-state index in [9.17, 15) is 0 Å². The van der Waals surface area contributed by atoms with Crippen molar-refractivity contribution in [1.82, 2.24) is 0 Å². The zero-order chi connectivity index (χ0) is 8.97. The molecule has 0 heterocycles. The molecule has 1 aromatic rings. The Hall–Kier alpha value is -0.670. The largest absolute Gasteiger partial charge is 0.508 e. The molecule has 0 spiro atoms. The van der Waals surface area contributed by atoms with Crippen molar-refractivity contribution >= 4 is 12.6 Å². The van der Waals surface area contributed by atoms with Crippen LogP contribution in [0.25, 0.3) is 0 Å². The lowest BCUT2D eigenvalue weighted by atomic mass is 10.0. The van der Waals surface area contributed by atoms with Crippen LogP contribution < -0.4 is 5.73 Å². The highest BCUT2D eigenvalue weighted by atomic mass is 32.1. The summed E-state index contributed by atoms with van der Waals surface area (Å²) < 4.78 is 0. The van der Waals surface area contributed by atoms with Crippen molar-refractivity contribution in [3.8, 4) is 5.75 Å². The number of phenols is 1. The van der Waals surface area contributed by atoms with Gasteiger partial charge in [-0.05, 0) is 30.0 Å². The molecule has 0 fully saturated rings. The van der Waals surface area contributed by atoms with Crippen molar-refractivity contribution in [3.63, 3.8) is 0 Å². The maximum absolute atomic E-state index is 9.03. The smallest absolute Gasteiger partial charge is 0.115 e.